The fourth-order valence-corrected chi connectivity index (χ4v) is 3.15. The largest absolute Gasteiger partial charge is 0.481 e. The molecule has 0 fully saturated rings. The molecule has 0 saturated heterocycles. The van der Waals surface area contributed by atoms with Crippen LogP contribution >= 0.6 is 0 Å². The molecule has 0 amide bonds. The minimum absolute atomic E-state index is 0.0259. The second-order valence-corrected chi connectivity index (χ2v) is 6.14. The van der Waals surface area contributed by atoms with Crippen LogP contribution in [0.2, 0.25) is 0 Å². The summed E-state index contributed by atoms with van der Waals surface area (Å²) < 4.78 is 0. The molecule has 3 rings (SSSR count). The van der Waals surface area contributed by atoms with E-state index in [9.17, 15) is 4.79 Å². The molecule has 1 heterocycles. The zero-order valence-corrected chi connectivity index (χ0v) is 13.0. The third-order valence-corrected chi connectivity index (χ3v) is 4.48. The molecule has 1 atom stereocenters. The highest BCUT2D eigenvalue weighted by Crippen LogP contribution is 2.32. The molecule has 0 radical (unpaired) electrons. The minimum Gasteiger partial charge on any atom is -0.481 e. The number of nitrogens with zero attached hydrogens (tertiary/aromatic N) is 1. The monoisotopic (exact) mass is 295 g/mol. The molecule has 22 heavy (non-hydrogen) atoms. The number of benzene rings is 2. The maximum Gasteiger partial charge on any atom is 0.303 e. The molecule has 1 N–H and O–H groups in total. The van der Waals surface area contributed by atoms with Crippen LogP contribution < -0.4 is 4.90 Å². The first-order chi connectivity index (χ1) is 10.5. The molecular formula is C19H21NO2. The molecule has 0 bridgehead atoms. The molecule has 1 aliphatic rings. The van der Waals surface area contributed by atoms with Crippen molar-refractivity contribution in [3.8, 4) is 11.1 Å². The van der Waals surface area contributed by atoms with E-state index in [0.717, 1.165) is 24.1 Å². The van der Waals surface area contributed by atoms with E-state index in [1.165, 1.54) is 16.8 Å². The van der Waals surface area contributed by atoms with Gasteiger partial charge in [-0.3, -0.25) is 4.79 Å². The standard InChI is InChI=1S/C19H21NO2/c1-13(10-19(21)22)14-4-3-5-15(11-14)16-6-7-18-17(12-16)8-9-20(18)2/h3-7,11-13H,8-10H2,1-2H3,(H,21,22). The Hall–Kier alpha value is -2.29. The Morgan fingerprint density at radius 1 is 1.23 bits per heavy atom. The first-order valence-corrected chi connectivity index (χ1v) is 7.71. The summed E-state index contributed by atoms with van der Waals surface area (Å²) in [4.78, 5) is 13.2. The number of likely N-dealkylation sites (N-methyl/N-ethyl adjacent to an activating group) is 1. The SMILES string of the molecule is CC(CC(=O)O)c1cccc(-c2ccc3c(c2)CCN3C)c1. The summed E-state index contributed by atoms with van der Waals surface area (Å²) in [5.74, 6) is -0.725. The van der Waals surface area contributed by atoms with Crippen molar-refractivity contribution in [3.05, 3.63) is 53.6 Å². The van der Waals surface area contributed by atoms with E-state index in [4.69, 9.17) is 5.11 Å². The van der Waals surface area contributed by atoms with E-state index in [1.807, 2.05) is 19.1 Å². The van der Waals surface area contributed by atoms with Crippen molar-refractivity contribution < 1.29 is 9.90 Å². The maximum atomic E-state index is 10.9. The van der Waals surface area contributed by atoms with E-state index in [-0.39, 0.29) is 12.3 Å². The fourth-order valence-electron chi connectivity index (χ4n) is 3.15. The average molecular weight is 295 g/mol. The molecule has 2 aromatic rings. The molecule has 3 nitrogen and oxygen atoms in total. The van der Waals surface area contributed by atoms with Gasteiger partial charge in [0.05, 0.1) is 6.42 Å². The number of carboxylic acids is 1. The van der Waals surface area contributed by atoms with Crippen molar-refractivity contribution in [1.29, 1.82) is 0 Å². The first-order valence-electron chi connectivity index (χ1n) is 7.71. The van der Waals surface area contributed by atoms with Gasteiger partial charge < -0.3 is 10.0 Å². The van der Waals surface area contributed by atoms with Crippen LogP contribution in [0.4, 0.5) is 5.69 Å². The summed E-state index contributed by atoms with van der Waals surface area (Å²) in [6, 6.07) is 14.8. The summed E-state index contributed by atoms with van der Waals surface area (Å²) in [6.07, 6.45) is 1.26. The van der Waals surface area contributed by atoms with Gasteiger partial charge in [-0.1, -0.05) is 37.3 Å². The summed E-state index contributed by atoms with van der Waals surface area (Å²) in [5.41, 5.74) is 6.16. The Bertz CT molecular complexity index is 708. The molecule has 1 unspecified atom stereocenters. The van der Waals surface area contributed by atoms with Crippen LogP contribution in [0.15, 0.2) is 42.5 Å². The number of rotatable bonds is 4. The van der Waals surface area contributed by atoms with Gasteiger partial charge in [0.1, 0.15) is 0 Å². The second kappa shape index (κ2) is 5.84. The first kappa shape index (κ1) is 14.6. The molecular weight excluding hydrogens is 274 g/mol. The van der Waals surface area contributed by atoms with Gasteiger partial charge in [0.15, 0.2) is 0 Å². The number of carboxylic acid groups (broad SMARTS) is 1. The van der Waals surface area contributed by atoms with Gasteiger partial charge in [0.2, 0.25) is 0 Å². The smallest absolute Gasteiger partial charge is 0.303 e. The van der Waals surface area contributed by atoms with E-state index in [1.54, 1.807) is 0 Å². The van der Waals surface area contributed by atoms with Crippen LogP contribution in [-0.4, -0.2) is 24.7 Å². The highest BCUT2D eigenvalue weighted by Gasteiger charge is 2.16. The van der Waals surface area contributed by atoms with Gasteiger partial charge >= 0.3 is 5.97 Å². The summed E-state index contributed by atoms with van der Waals surface area (Å²) in [5, 5.41) is 8.96. The van der Waals surface area contributed by atoms with Gasteiger partial charge in [0.25, 0.3) is 0 Å². The topological polar surface area (TPSA) is 40.5 Å². The predicted octanol–water partition coefficient (Wildman–Crippen LogP) is 3.92. The van der Waals surface area contributed by atoms with Crippen molar-refractivity contribution in [2.45, 2.75) is 25.7 Å². The Morgan fingerprint density at radius 3 is 2.77 bits per heavy atom. The van der Waals surface area contributed by atoms with Crippen LogP contribution in [0.1, 0.15) is 30.4 Å². The lowest BCUT2D eigenvalue weighted by molar-refractivity contribution is -0.137. The van der Waals surface area contributed by atoms with Gasteiger partial charge in [0, 0.05) is 19.3 Å². The Kier molecular flexibility index (Phi) is 3.88. The van der Waals surface area contributed by atoms with Gasteiger partial charge in [-0.2, -0.15) is 0 Å². The minimum atomic E-state index is -0.751. The number of hydrogen-bond acceptors (Lipinski definition) is 2. The molecule has 3 heteroatoms. The lowest BCUT2D eigenvalue weighted by atomic mass is 9.93. The Balaban J connectivity index is 1.91. The molecule has 0 saturated carbocycles. The molecule has 114 valence electrons. The van der Waals surface area contributed by atoms with Crippen LogP contribution in [0, 0.1) is 0 Å². The molecule has 2 aromatic carbocycles. The van der Waals surface area contributed by atoms with E-state index >= 15 is 0 Å². The normalized spacial score (nSPS) is 14.7. The summed E-state index contributed by atoms with van der Waals surface area (Å²) >= 11 is 0. The average Bonchev–Trinajstić information content (AvgIpc) is 2.87. The highest BCUT2D eigenvalue weighted by molar-refractivity contribution is 5.72. The van der Waals surface area contributed by atoms with Crippen LogP contribution in [0.5, 0.6) is 0 Å². The third-order valence-electron chi connectivity index (χ3n) is 4.48. The predicted molar refractivity (Wildman–Crippen MR) is 89.5 cm³/mol. The van der Waals surface area contributed by atoms with E-state index in [0.29, 0.717) is 0 Å². The lowest BCUT2D eigenvalue weighted by Crippen LogP contribution is -2.12. The Labute approximate surface area is 131 Å². The number of aliphatic carboxylic acids is 1. The quantitative estimate of drug-likeness (QED) is 0.929. The number of carbonyl (C=O) groups is 1. The lowest BCUT2D eigenvalue weighted by Gasteiger charge is -2.14. The number of fused-ring (bicyclic) bond motifs is 1. The molecule has 0 aliphatic carbocycles. The summed E-state index contributed by atoms with van der Waals surface area (Å²) in [6.45, 7) is 3.04. The zero-order valence-electron chi connectivity index (χ0n) is 13.0. The van der Waals surface area contributed by atoms with Crippen LogP contribution in [0.3, 0.4) is 0 Å². The van der Waals surface area contributed by atoms with Gasteiger partial charge in [-0.05, 0) is 46.7 Å². The van der Waals surface area contributed by atoms with Crippen molar-refractivity contribution in [3.63, 3.8) is 0 Å². The van der Waals surface area contributed by atoms with Crippen molar-refractivity contribution in [2.75, 3.05) is 18.5 Å². The molecule has 0 spiro atoms. The van der Waals surface area contributed by atoms with E-state index in [2.05, 4.69) is 42.3 Å². The van der Waals surface area contributed by atoms with E-state index < -0.39 is 5.97 Å². The zero-order chi connectivity index (χ0) is 15.7. The van der Waals surface area contributed by atoms with Crippen LogP contribution in [-0.2, 0) is 11.2 Å². The molecule has 0 aromatic heterocycles. The van der Waals surface area contributed by atoms with Crippen molar-refractivity contribution in [1.82, 2.24) is 0 Å². The maximum absolute atomic E-state index is 10.9. The van der Waals surface area contributed by atoms with Crippen LogP contribution in [0.25, 0.3) is 11.1 Å². The molecule has 1 aliphatic heterocycles. The second-order valence-electron chi connectivity index (χ2n) is 6.14. The number of hydrogen-bond donors (Lipinski definition) is 1. The Morgan fingerprint density at radius 2 is 2.00 bits per heavy atom. The fraction of sp³-hybridized carbons (Fsp3) is 0.316. The van der Waals surface area contributed by atoms with Gasteiger partial charge in [-0.15, -0.1) is 0 Å². The summed E-state index contributed by atoms with van der Waals surface area (Å²) in [7, 11) is 2.12. The number of anilines is 1. The van der Waals surface area contributed by atoms with Crippen molar-refractivity contribution >= 4 is 11.7 Å². The third kappa shape index (κ3) is 2.84. The van der Waals surface area contributed by atoms with Crippen molar-refractivity contribution in [2.24, 2.45) is 0 Å². The van der Waals surface area contributed by atoms with Gasteiger partial charge in [-0.25, -0.2) is 0 Å². The highest BCUT2D eigenvalue weighted by atomic mass is 16.4.